The van der Waals surface area contributed by atoms with E-state index in [-0.39, 0.29) is 36.3 Å². The number of benzene rings is 1. The van der Waals surface area contributed by atoms with E-state index in [4.69, 9.17) is 19.3 Å². The molecule has 1 aliphatic heterocycles. The van der Waals surface area contributed by atoms with Crippen LogP contribution in [-0.2, 0) is 39.9 Å². The van der Waals surface area contributed by atoms with Crippen molar-refractivity contribution in [2.45, 2.75) is 91.1 Å². The molecule has 49 heavy (non-hydrogen) atoms. The standard InChI is InChI=1S/C17H22N2O2S.C16H31NO6S.C2H6S/c1-12(2)16(22)14-7-5-13(6-8-14)10-18-17(21)15-4-3-9-19(15)11-20;1-3-4-13-24-14(2)17-15(18)5-7-21-9-11-23-12-10-22-8-6-16(19)20;1-2-3/h5-8,11,15,22H,3-4,9-10H2,1-2H3,(H,18,21);14H,3-13H2,1-2H3,(H,17,18)(H,19,20);3H,2H2,1H3. The molecule has 11 nitrogen and oxygen atoms in total. The number of unbranched alkanes of at least 4 members (excludes halogenated alkanes) is 1. The first-order valence-electron chi connectivity index (χ1n) is 16.9. The third-order valence-electron chi connectivity index (χ3n) is 6.81. The maximum Gasteiger partial charge on any atom is 0.305 e. The zero-order chi connectivity index (χ0) is 36.9. The van der Waals surface area contributed by atoms with Gasteiger partial charge in [0.25, 0.3) is 0 Å². The Labute approximate surface area is 308 Å². The number of carboxylic acids is 1. The molecule has 0 saturated carbocycles. The van der Waals surface area contributed by atoms with E-state index in [9.17, 15) is 19.2 Å². The SMILES string of the molecule is CC(C)=C(S)c1ccc(CNC(=O)C2CCCN2C=O)cc1.CCCCSC(C)NC(=O)CCOCCOCCOCCC(=O)O.CCS. The number of likely N-dealkylation sites (tertiary alicyclic amines) is 1. The fourth-order valence-electron chi connectivity index (χ4n) is 4.18. The second-order valence-electron chi connectivity index (χ2n) is 11.2. The number of nitrogens with one attached hydrogen (secondary N) is 2. The molecule has 1 aliphatic rings. The van der Waals surface area contributed by atoms with Crippen LogP contribution in [0, 0.1) is 0 Å². The highest BCUT2D eigenvalue weighted by Gasteiger charge is 2.29. The zero-order valence-electron chi connectivity index (χ0n) is 29.9. The van der Waals surface area contributed by atoms with Gasteiger partial charge in [-0.2, -0.15) is 12.6 Å². The Morgan fingerprint density at radius 3 is 2.12 bits per heavy atom. The van der Waals surface area contributed by atoms with Gasteiger partial charge in [0.1, 0.15) is 6.04 Å². The van der Waals surface area contributed by atoms with Crippen LogP contribution in [0.25, 0.3) is 4.91 Å². The number of carbonyl (C=O) groups excluding carboxylic acids is 3. The lowest BCUT2D eigenvalue weighted by Gasteiger charge is -2.19. The largest absolute Gasteiger partial charge is 0.481 e. The number of hydrogen-bond acceptors (Lipinski definition) is 10. The van der Waals surface area contributed by atoms with Crippen LogP contribution in [0.1, 0.15) is 84.3 Å². The molecule has 0 aliphatic carbocycles. The summed E-state index contributed by atoms with van der Waals surface area (Å²) < 4.78 is 15.7. The van der Waals surface area contributed by atoms with E-state index in [1.807, 2.05) is 52.0 Å². The number of rotatable bonds is 22. The van der Waals surface area contributed by atoms with Crippen LogP contribution in [0.15, 0.2) is 29.8 Å². The van der Waals surface area contributed by atoms with Crippen LogP contribution < -0.4 is 10.6 Å². The highest BCUT2D eigenvalue weighted by Crippen LogP contribution is 2.22. The Morgan fingerprint density at radius 1 is 1.02 bits per heavy atom. The number of ether oxygens (including phenoxy) is 3. The van der Waals surface area contributed by atoms with Gasteiger partial charge in [0, 0.05) is 24.4 Å². The lowest BCUT2D eigenvalue weighted by molar-refractivity contribution is -0.138. The van der Waals surface area contributed by atoms with Crippen molar-refractivity contribution in [2.75, 3.05) is 57.7 Å². The van der Waals surface area contributed by atoms with Gasteiger partial charge in [-0.3, -0.25) is 19.2 Å². The summed E-state index contributed by atoms with van der Waals surface area (Å²) in [6.07, 6.45) is 5.07. The summed E-state index contributed by atoms with van der Waals surface area (Å²) in [4.78, 5) is 47.5. The van der Waals surface area contributed by atoms with Gasteiger partial charge in [-0.1, -0.05) is 50.1 Å². The van der Waals surface area contributed by atoms with Gasteiger partial charge in [0.15, 0.2) is 0 Å². The van der Waals surface area contributed by atoms with Crippen molar-refractivity contribution in [2.24, 2.45) is 0 Å². The van der Waals surface area contributed by atoms with Gasteiger partial charge in [-0.05, 0) is 62.7 Å². The lowest BCUT2D eigenvalue weighted by Crippen LogP contribution is -2.42. The van der Waals surface area contributed by atoms with Crippen LogP contribution >= 0.6 is 37.0 Å². The maximum absolute atomic E-state index is 12.1. The minimum atomic E-state index is -0.873. The molecule has 0 aromatic heterocycles. The van der Waals surface area contributed by atoms with Crippen LogP contribution in [0.5, 0.6) is 0 Å². The molecule has 1 saturated heterocycles. The van der Waals surface area contributed by atoms with Crippen molar-refractivity contribution in [3.05, 3.63) is 41.0 Å². The maximum atomic E-state index is 12.1. The normalized spacial score (nSPS) is 14.0. The number of thioether (sulfide) groups is 1. The number of carboxylic acid groups (broad SMARTS) is 1. The Bertz CT molecular complexity index is 1090. The first-order valence-corrected chi connectivity index (χ1v) is 19.0. The number of allylic oxidation sites excluding steroid dienone is 1. The van der Waals surface area contributed by atoms with E-state index in [0.29, 0.717) is 52.5 Å². The molecule has 2 unspecified atom stereocenters. The van der Waals surface area contributed by atoms with Gasteiger partial charge in [-0.15, -0.1) is 24.4 Å². The van der Waals surface area contributed by atoms with Crippen molar-refractivity contribution < 1.29 is 38.5 Å². The molecule has 1 aromatic carbocycles. The molecule has 0 spiro atoms. The zero-order valence-corrected chi connectivity index (χ0v) is 32.5. The van der Waals surface area contributed by atoms with Gasteiger partial charge in [-0.25, -0.2) is 0 Å². The van der Waals surface area contributed by atoms with Crippen molar-refractivity contribution in [3.8, 4) is 0 Å². The molecule has 2 atom stereocenters. The molecule has 0 bridgehead atoms. The van der Waals surface area contributed by atoms with Crippen molar-refractivity contribution >= 4 is 66.1 Å². The predicted molar refractivity (Wildman–Crippen MR) is 205 cm³/mol. The average molecular weight is 746 g/mol. The molecule has 1 heterocycles. The minimum absolute atomic E-state index is 0.000697. The van der Waals surface area contributed by atoms with Crippen LogP contribution in [0.3, 0.4) is 0 Å². The molecule has 14 heteroatoms. The minimum Gasteiger partial charge on any atom is -0.481 e. The topological polar surface area (TPSA) is 144 Å². The van der Waals surface area contributed by atoms with Crippen molar-refractivity contribution in [1.29, 1.82) is 0 Å². The van der Waals surface area contributed by atoms with Crippen molar-refractivity contribution in [3.63, 3.8) is 0 Å². The van der Waals surface area contributed by atoms with E-state index in [1.54, 1.807) is 16.7 Å². The Morgan fingerprint density at radius 2 is 1.59 bits per heavy atom. The molecule has 3 N–H and O–H groups in total. The lowest BCUT2D eigenvalue weighted by atomic mass is 10.1. The fraction of sp³-hybridized carbons (Fsp3) is 0.657. The fourth-order valence-corrected chi connectivity index (χ4v) is 5.36. The van der Waals surface area contributed by atoms with Gasteiger partial charge in [0.05, 0.1) is 51.4 Å². The molecule has 2 rings (SSSR count). The summed E-state index contributed by atoms with van der Waals surface area (Å²) in [6.45, 7) is 13.5. The third kappa shape index (κ3) is 24.5. The summed E-state index contributed by atoms with van der Waals surface area (Å²) in [5.41, 5.74) is 3.27. The van der Waals surface area contributed by atoms with Gasteiger partial charge in [0.2, 0.25) is 18.2 Å². The number of amides is 3. The Kier molecular flexibility index (Phi) is 29.2. The summed E-state index contributed by atoms with van der Waals surface area (Å²) in [5, 5.41) is 14.4. The first-order chi connectivity index (χ1) is 23.5. The quantitative estimate of drug-likeness (QED) is 0.0454. The molecule has 3 amide bonds. The number of carbonyl (C=O) groups is 4. The molecule has 0 radical (unpaired) electrons. The molecule has 280 valence electrons. The second-order valence-corrected chi connectivity index (χ2v) is 13.8. The van der Waals surface area contributed by atoms with Gasteiger partial charge >= 0.3 is 5.97 Å². The van der Waals surface area contributed by atoms with E-state index in [1.165, 1.54) is 12.0 Å². The number of hydrogen-bond donors (Lipinski definition) is 5. The Balaban J connectivity index is 0.000000871. The number of thiol groups is 2. The average Bonchev–Trinajstić information content (AvgIpc) is 3.56. The van der Waals surface area contributed by atoms with Crippen molar-refractivity contribution in [1.82, 2.24) is 15.5 Å². The molecule has 1 fully saturated rings. The van der Waals surface area contributed by atoms with E-state index in [2.05, 4.69) is 42.8 Å². The smallest absolute Gasteiger partial charge is 0.305 e. The van der Waals surface area contributed by atoms with Crippen LogP contribution in [0.2, 0.25) is 0 Å². The summed E-state index contributed by atoms with van der Waals surface area (Å²) in [5.74, 6) is 1.06. The highest BCUT2D eigenvalue weighted by atomic mass is 32.2. The number of aliphatic carboxylic acids is 1. The van der Waals surface area contributed by atoms with E-state index < -0.39 is 5.97 Å². The van der Waals surface area contributed by atoms with E-state index >= 15 is 0 Å². The highest BCUT2D eigenvalue weighted by molar-refractivity contribution is 7.99. The number of nitrogens with zero attached hydrogens (tertiary/aromatic N) is 1. The van der Waals surface area contributed by atoms with Gasteiger partial charge < -0.3 is 34.9 Å². The van der Waals surface area contributed by atoms with Crippen LogP contribution in [0.4, 0.5) is 0 Å². The first kappa shape index (κ1) is 46.8. The monoisotopic (exact) mass is 745 g/mol. The van der Waals surface area contributed by atoms with E-state index in [0.717, 1.165) is 53.2 Å². The Hall–Kier alpha value is -2.23. The van der Waals surface area contributed by atoms with Crippen LogP contribution in [-0.4, -0.2) is 103 Å². The summed E-state index contributed by atoms with van der Waals surface area (Å²) >= 11 is 10.0. The molecular weight excluding hydrogens is 687 g/mol. The molecular formula is C35H59N3O8S3. The molecule has 1 aromatic rings. The summed E-state index contributed by atoms with van der Waals surface area (Å²) in [7, 11) is 0. The third-order valence-corrected chi connectivity index (χ3v) is 8.66. The predicted octanol–water partition coefficient (Wildman–Crippen LogP) is 5.44. The summed E-state index contributed by atoms with van der Waals surface area (Å²) in [6, 6.07) is 7.67. The second kappa shape index (κ2) is 30.6.